The fraction of sp³-hybridized carbons (Fsp3) is 0.714. The highest BCUT2D eigenvalue weighted by Crippen LogP contribution is 2.14. The van der Waals surface area contributed by atoms with Crippen LogP contribution in [0.3, 0.4) is 0 Å². The van der Waals surface area contributed by atoms with Gasteiger partial charge in [-0.3, -0.25) is 0 Å². The van der Waals surface area contributed by atoms with Crippen molar-refractivity contribution in [3.05, 3.63) is 0 Å². The van der Waals surface area contributed by atoms with E-state index >= 15 is 0 Å². The molecule has 0 amide bonds. The van der Waals surface area contributed by atoms with E-state index < -0.39 is 18.9 Å². The molecule has 0 radical (unpaired) electrons. The van der Waals surface area contributed by atoms with Crippen molar-refractivity contribution in [2.75, 3.05) is 13.2 Å². The van der Waals surface area contributed by atoms with E-state index in [1.807, 2.05) is 0 Å². The summed E-state index contributed by atoms with van der Waals surface area (Å²) in [6.07, 6.45) is -0.571. The number of aliphatic hydroxyl groups is 1. The van der Waals surface area contributed by atoms with Crippen molar-refractivity contribution in [3.63, 3.8) is 0 Å². The summed E-state index contributed by atoms with van der Waals surface area (Å²) in [7, 11) is 0. The molecule has 0 heterocycles. The number of halogens is 3. The zero-order valence-electron chi connectivity index (χ0n) is 6.27. The van der Waals surface area contributed by atoms with E-state index in [-0.39, 0.29) is 13.0 Å². The van der Waals surface area contributed by atoms with E-state index in [0.29, 0.717) is 0 Å². The molecule has 0 saturated carbocycles. The maximum atomic E-state index is 11.4. The number of ether oxygens (including phenoxy) is 1. The molecule has 12 heavy (non-hydrogen) atoms. The van der Waals surface area contributed by atoms with E-state index in [1.165, 1.54) is 0 Å². The summed E-state index contributed by atoms with van der Waals surface area (Å²) in [5, 5.41) is 8.81. The van der Waals surface area contributed by atoms with Crippen LogP contribution in [0, 0.1) is 12.3 Å². The Labute approximate surface area is 68.3 Å². The first-order valence-corrected chi connectivity index (χ1v) is 3.21. The van der Waals surface area contributed by atoms with Crippen molar-refractivity contribution in [1.82, 2.24) is 0 Å². The standard InChI is InChI=1S/C7H9F3O2/c1-2-3-6(11)4-12-5-7(8,9)10/h1,6,11H,3-5H2. The van der Waals surface area contributed by atoms with Crippen molar-refractivity contribution in [2.45, 2.75) is 18.7 Å². The number of rotatable bonds is 4. The average molecular weight is 182 g/mol. The summed E-state index contributed by atoms with van der Waals surface area (Å²) in [6.45, 7) is -1.74. The van der Waals surface area contributed by atoms with Crippen LogP contribution >= 0.6 is 0 Å². The van der Waals surface area contributed by atoms with Gasteiger partial charge in [-0.05, 0) is 0 Å². The van der Waals surface area contributed by atoms with Crippen LogP contribution in [0.5, 0.6) is 0 Å². The zero-order chi connectivity index (χ0) is 9.61. The van der Waals surface area contributed by atoms with Gasteiger partial charge in [-0.25, -0.2) is 0 Å². The summed E-state index contributed by atoms with van der Waals surface area (Å²) in [4.78, 5) is 0. The minimum Gasteiger partial charge on any atom is -0.390 e. The van der Waals surface area contributed by atoms with Gasteiger partial charge in [-0.15, -0.1) is 12.3 Å². The van der Waals surface area contributed by atoms with Gasteiger partial charge in [0.15, 0.2) is 0 Å². The van der Waals surface area contributed by atoms with E-state index in [2.05, 4.69) is 10.7 Å². The van der Waals surface area contributed by atoms with Crippen LogP contribution in [-0.2, 0) is 4.74 Å². The van der Waals surface area contributed by atoms with Crippen molar-refractivity contribution < 1.29 is 23.0 Å². The van der Waals surface area contributed by atoms with Crippen LogP contribution in [0.2, 0.25) is 0 Å². The van der Waals surface area contributed by atoms with Crippen molar-refractivity contribution in [2.24, 2.45) is 0 Å². The Kier molecular flexibility index (Phi) is 4.71. The van der Waals surface area contributed by atoms with Gasteiger partial charge in [0, 0.05) is 6.42 Å². The molecule has 1 N–H and O–H groups in total. The highest BCUT2D eigenvalue weighted by atomic mass is 19.4. The molecule has 0 aromatic rings. The van der Waals surface area contributed by atoms with E-state index in [1.54, 1.807) is 0 Å². The first-order valence-electron chi connectivity index (χ1n) is 3.21. The van der Waals surface area contributed by atoms with Gasteiger partial charge < -0.3 is 9.84 Å². The molecule has 1 atom stereocenters. The highest BCUT2D eigenvalue weighted by molar-refractivity contribution is 4.86. The lowest BCUT2D eigenvalue weighted by Crippen LogP contribution is -2.22. The number of hydrogen-bond donors (Lipinski definition) is 1. The number of terminal acetylenes is 1. The Morgan fingerprint density at radius 2 is 2.08 bits per heavy atom. The number of hydrogen-bond acceptors (Lipinski definition) is 2. The minimum atomic E-state index is -4.35. The minimum absolute atomic E-state index is 0.00213. The Morgan fingerprint density at radius 3 is 2.50 bits per heavy atom. The monoisotopic (exact) mass is 182 g/mol. The number of alkyl halides is 3. The quantitative estimate of drug-likeness (QED) is 0.656. The SMILES string of the molecule is C#CCC(O)COCC(F)(F)F. The summed E-state index contributed by atoms with van der Waals surface area (Å²) in [5.74, 6) is 2.10. The van der Waals surface area contributed by atoms with Gasteiger partial charge in [0.1, 0.15) is 6.61 Å². The lowest BCUT2D eigenvalue weighted by molar-refractivity contribution is -0.178. The second kappa shape index (κ2) is 5.01. The molecule has 0 aliphatic carbocycles. The van der Waals surface area contributed by atoms with Gasteiger partial charge in [0.25, 0.3) is 0 Å². The first kappa shape index (κ1) is 11.3. The number of aliphatic hydroxyl groups excluding tert-OH is 1. The van der Waals surface area contributed by atoms with Gasteiger partial charge in [-0.1, -0.05) is 0 Å². The van der Waals surface area contributed by atoms with Crippen LogP contribution in [0.4, 0.5) is 13.2 Å². The third-order valence-corrected chi connectivity index (χ3v) is 0.929. The molecule has 0 aliphatic rings. The Morgan fingerprint density at radius 1 is 1.50 bits per heavy atom. The van der Waals surface area contributed by atoms with Gasteiger partial charge in [-0.2, -0.15) is 13.2 Å². The molecule has 0 aliphatic heterocycles. The van der Waals surface area contributed by atoms with Crippen LogP contribution in [0.1, 0.15) is 6.42 Å². The van der Waals surface area contributed by atoms with Crippen molar-refractivity contribution >= 4 is 0 Å². The topological polar surface area (TPSA) is 29.5 Å². The molecule has 0 bridgehead atoms. The van der Waals surface area contributed by atoms with E-state index in [9.17, 15) is 13.2 Å². The van der Waals surface area contributed by atoms with Crippen molar-refractivity contribution in [3.8, 4) is 12.3 Å². The van der Waals surface area contributed by atoms with Gasteiger partial charge in [0.05, 0.1) is 12.7 Å². The Balaban J connectivity index is 3.38. The summed E-state index contributed by atoms with van der Waals surface area (Å²) in [5.41, 5.74) is 0. The van der Waals surface area contributed by atoms with Gasteiger partial charge in [0.2, 0.25) is 0 Å². The van der Waals surface area contributed by atoms with E-state index in [0.717, 1.165) is 0 Å². The molecule has 70 valence electrons. The second-order valence-electron chi connectivity index (χ2n) is 2.19. The third kappa shape index (κ3) is 7.38. The predicted octanol–water partition coefficient (Wildman–Crippen LogP) is 0.950. The molecule has 0 spiro atoms. The molecular formula is C7H9F3O2. The molecular weight excluding hydrogens is 173 g/mol. The first-order chi connectivity index (χ1) is 5.45. The molecule has 5 heteroatoms. The lowest BCUT2D eigenvalue weighted by atomic mass is 10.3. The molecule has 0 saturated heterocycles. The van der Waals surface area contributed by atoms with Crippen molar-refractivity contribution in [1.29, 1.82) is 0 Å². The fourth-order valence-corrected chi connectivity index (χ4v) is 0.506. The maximum Gasteiger partial charge on any atom is 0.411 e. The summed E-state index contributed by atoms with van der Waals surface area (Å²) < 4.78 is 38.5. The largest absolute Gasteiger partial charge is 0.411 e. The second-order valence-corrected chi connectivity index (χ2v) is 2.19. The lowest BCUT2D eigenvalue weighted by Gasteiger charge is -2.09. The highest BCUT2D eigenvalue weighted by Gasteiger charge is 2.27. The fourth-order valence-electron chi connectivity index (χ4n) is 0.506. The summed E-state index contributed by atoms with van der Waals surface area (Å²) >= 11 is 0. The van der Waals surface area contributed by atoms with Crippen LogP contribution in [-0.4, -0.2) is 30.6 Å². The summed E-state index contributed by atoms with van der Waals surface area (Å²) in [6, 6.07) is 0. The molecule has 0 fully saturated rings. The van der Waals surface area contributed by atoms with Gasteiger partial charge >= 0.3 is 6.18 Å². The zero-order valence-corrected chi connectivity index (χ0v) is 6.27. The van der Waals surface area contributed by atoms with E-state index in [4.69, 9.17) is 11.5 Å². The van der Waals surface area contributed by atoms with Crippen LogP contribution < -0.4 is 0 Å². The molecule has 0 aromatic heterocycles. The predicted molar refractivity (Wildman–Crippen MR) is 36.3 cm³/mol. The maximum absolute atomic E-state index is 11.4. The molecule has 0 rings (SSSR count). The Bertz CT molecular complexity index is 159. The average Bonchev–Trinajstić information content (AvgIpc) is 1.84. The molecule has 1 unspecified atom stereocenters. The van der Waals surface area contributed by atoms with Crippen LogP contribution in [0.15, 0.2) is 0 Å². The normalized spacial score (nSPS) is 13.9. The smallest absolute Gasteiger partial charge is 0.390 e. The third-order valence-electron chi connectivity index (χ3n) is 0.929. The molecule has 2 nitrogen and oxygen atoms in total. The van der Waals surface area contributed by atoms with Crippen LogP contribution in [0.25, 0.3) is 0 Å². The Hall–Kier alpha value is -0.730. The molecule has 0 aromatic carbocycles.